The molecular formula is C12H16FNO2. The molecule has 16 heavy (non-hydrogen) atoms. The highest BCUT2D eigenvalue weighted by Crippen LogP contribution is 2.27. The van der Waals surface area contributed by atoms with Gasteiger partial charge in [0.2, 0.25) is 0 Å². The van der Waals surface area contributed by atoms with Crippen LogP contribution in [0, 0.1) is 12.7 Å². The number of amides is 1. The van der Waals surface area contributed by atoms with Gasteiger partial charge in [-0.25, -0.2) is 9.18 Å². The predicted octanol–water partition coefficient (Wildman–Crippen LogP) is 3.42. The molecule has 0 aromatic heterocycles. The van der Waals surface area contributed by atoms with Crippen LogP contribution in [0.25, 0.3) is 0 Å². The Morgan fingerprint density at radius 1 is 1.38 bits per heavy atom. The fraction of sp³-hybridized carbons (Fsp3) is 0.417. The number of halogens is 1. The van der Waals surface area contributed by atoms with Crippen molar-refractivity contribution in [2.24, 2.45) is 0 Å². The van der Waals surface area contributed by atoms with Gasteiger partial charge < -0.3 is 5.11 Å². The first kappa shape index (κ1) is 12.5. The van der Waals surface area contributed by atoms with Crippen molar-refractivity contribution in [3.05, 3.63) is 29.6 Å². The molecule has 0 bridgehead atoms. The second-order valence-corrected chi connectivity index (χ2v) is 4.72. The topological polar surface area (TPSA) is 40.5 Å². The van der Waals surface area contributed by atoms with Crippen molar-refractivity contribution < 1.29 is 14.3 Å². The van der Waals surface area contributed by atoms with Gasteiger partial charge in [-0.2, -0.15) is 0 Å². The Morgan fingerprint density at radius 3 is 2.31 bits per heavy atom. The summed E-state index contributed by atoms with van der Waals surface area (Å²) in [5.74, 6) is -0.361. The summed E-state index contributed by atoms with van der Waals surface area (Å²) in [6, 6.07) is 4.09. The van der Waals surface area contributed by atoms with Gasteiger partial charge in [-0.3, -0.25) is 4.90 Å². The first-order valence-corrected chi connectivity index (χ1v) is 5.03. The van der Waals surface area contributed by atoms with E-state index < -0.39 is 11.6 Å². The Balaban J connectivity index is 3.28. The molecule has 1 aromatic carbocycles. The average Bonchev–Trinajstić information content (AvgIpc) is 2.06. The third-order valence-electron chi connectivity index (χ3n) is 2.26. The summed E-state index contributed by atoms with van der Waals surface area (Å²) in [7, 11) is 0. The van der Waals surface area contributed by atoms with Crippen LogP contribution >= 0.6 is 0 Å². The summed E-state index contributed by atoms with van der Waals surface area (Å²) in [6.07, 6.45) is -1.04. The standard InChI is InChI=1S/C12H16FNO2/c1-8-7-9(13)5-6-10(8)14(11(15)16)12(2,3)4/h5-7H,1-4H3,(H,15,16). The van der Waals surface area contributed by atoms with Crippen LogP contribution in [0.3, 0.4) is 0 Å². The zero-order chi connectivity index (χ0) is 12.5. The molecule has 0 spiro atoms. The lowest BCUT2D eigenvalue weighted by Crippen LogP contribution is -2.45. The van der Waals surface area contributed by atoms with Gasteiger partial charge in [0.15, 0.2) is 0 Å². The number of hydrogen-bond acceptors (Lipinski definition) is 1. The van der Waals surface area contributed by atoms with E-state index in [1.807, 2.05) is 0 Å². The summed E-state index contributed by atoms with van der Waals surface area (Å²) < 4.78 is 12.9. The second kappa shape index (κ2) is 4.12. The van der Waals surface area contributed by atoms with Crippen LogP contribution in [0.15, 0.2) is 18.2 Å². The lowest BCUT2D eigenvalue weighted by atomic mass is 10.0. The minimum atomic E-state index is -1.04. The quantitative estimate of drug-likeness (QED) is 0.795. The fourth-order valence-corrected chi connectivity index (χ4v) is 1.62. The fourth-order valence-electron chi connectivity index (χ4n) is 1.62. The number of aryl methyl sites for hydroxylation is 1. The van der Waals surface area contributed by atoms with E-state index in [2.05, 4.69) is 0 Å². The molecule has 0 atom stereocenters. The van der Waals surface area contributed by atoms with Gasteiger partial charge in [-0.15, -0.1) is 0 Å². The van der Waals surface area contributed by atoms with Crippen molar-refractivity contribution in [2.75, 3.05) is 4.90 Å². The molecule has 0 heterocycles. The lowest BCUT2D eigenvalue weighted by Gasteiger charge is -2.34. The van der Waals surface area contributed by atoms with Gasteiger partial charge in [0.1, 0.15) is 5.82 Å². The number of carbonyl (C=O) groups is 1. The minimum Gasteiger partial charge on any atom is -0.465 e. The zero-order valence-corrected chi connectivity index (χ0v) is 9.91. The summed E-state index contributed by atoms with van der Waals surface area (Å²) in [5.41, 5.74) is 0.563. The van der Waals surface area contributed by atoms with Crippen LogP contribution < -0.4 is 4.90 Å². The normalized spacial score (nSPS) is 11.3. The van der Waals surface area contributed by atoms with Crippen molar-refractivity contribution in [1.29, 1.82) is 0 Å². The van der Waals surface area contributed by atoms with Crippen molar-refractivity contribution in [3.63, 3.8) is 0 Å². The van der Waals surface area contributed by atoms with Gasteiger partial charge in [0.05, 0.1) is 5.69 Å². The second-order valence-electron chi connectivity index (χ2n) is 4.72. The third kappa shape index (κ3) is 2.51. The van der Waals surface area contributed by atoms with Crippen LogP contribution in [0.4, 0.5) is 14.9 Å². The Hall–Kier alpha value is -1.58. The highest BCUT2D eigenvalue weighted by molar-refractivity contribution is 5.88. The number of benzene rings is 1. The molecule has 0 aliphatic rings. The van der Waals surface area contributed by atoms with E-state index in [0.717, 1.165) is 0 Å². The summed E-state index contributed by atoms with van der Waals surface area (Å²) in [4.78, 5) is 12.5. The van der Waals surface area contributed by atoms with Crippen LogP contribution in [0.1, 0.15) is 26.3 Å². The zero-order valence-electron chi connectivity index (χ0n) is 9.91. The molecule has 88 valence electrons. The van der Waals surface area contributed by atoms with Gasteiger partial charge in [-0.1, -0.05) is 0 Å². The van der Waals surface area contributed by atoms with Crippen molar-refractivity contribution >= 4 is 11.8 Å². The van der Waals surface area contributed by atoms with Crippen molar-refractivity contribution in [3.8, 4) is 0 Å². The molecule has 0 fully saturated rings. The Kier molecular flexibility index (Phi) is 3.21. The van der Waals surface area contributed by atoms with E-state index in [1.165, 1.54) is 23.1 Å². The van der Waals surface area contributed by atoms with E-state index in [9.17, 15) is 14.3 Å². The average molecular weight is 225 g/mol. The summed E-state index contributed by atoms with van der Waals surface area (Å²) >= 11 is 0. The maximum absolute atomic E-state index is 12.9. The number of carboxylic acid groups (broad SMARTS) is 1. The molecule has 0 aliphatic heterocycles. The molecular weight excluding hydrogens is 209 g/mol. The maximum atomic E-state index is 12.9. The van der Waals surface area contributed by atoms with E-state index in [-0.39, 0.29) is 5.82 Å². The third-order valence-corrected chi connectivity index (χ3v) is 2.26. The number of rotatable bonds is 1. The van der Waals surface area contributed by atoms with Crippen LogP contribution in [-0.4, -0.2) is 16.7 Å². The molecule has 0 saturated carbocycles. The molecule has 0 radical (unpaired) electrons. The van der Waals surface area contributed by atoms with E-state index in [0.29, 0.717) is 11.3 Å². The van der Waals surface area contributed by atoms with Gasteiger partial charge in [0, 0.05) is 5.54 Å². The van der Waals surface area contributed by atoms with Crippen molar-refractivity contribution in [2.45, 2.75) is 33.2 Å². The molecule has 1 rings (SSSR count). The predicted molar refractivity (Wildman–Crippen MR) is 61.4 cm³/mol. The van der Waals surface area contributed by atoms with Crippen molar-refractivity contribution in [1.82, 2.24) is 0 Å². The SMILES string of the molecule is Cc1cc(F)ccc1N(C(=O)O)C(C)(C)C. The largest absolute Gasteiger partial charge is 0.465 e. The molecule has 0 aliphatic carbocycles. The molecule has 1 amide bonds. The molecule has 1 aromatic rings. The Bertz CT molecular complexity index is 410. The van der Waals surface area contributed by atoms with Crippen LogP contribution in [-0.2, 0) is 0 Å². The molecule has 0 saturated heterocycles. The highest BCUT2D eigenvalue weighted by atomic mass is 19.1. The van der Waals surface area contributed by atoms with Gasteiger partial charge in [-0.05, 0) is 51.5 Å². The Labute approximate surface area is 94.5 Å². The van der Waals surface area contributed by atoms with E-state index >= 15 is 0 Å². The first-order chi connectivity index (χ1) is 7.23. The first-order valence-electron chi connectivity index (χ1n) is 5.03. The van der Waals surface area contributed by atoms with Crippen LogP contribution in [0.5, 0.6) is 0 Å². The number of nitrogens with zero attached hydrogens (tertiary/aromatic N) is 1. The molecule has 4 heteroatoms. The minimum absolute atomic E-state index is 0.361. The molecule has 0 unspecified atom stereocenters. The van der Waals surface area contributed by atoms with Crippen LogP contribution in [0.2, 0.25) is 0 Å². The highest BCUT2D eigenvalue weighted by Gasteiger charge is 2.28. The van der Waals surface area contributed by atoms with E-state index in [1.54, 1.807) is 27.7 Å². The lowest BCUT2D eigenvalue weighted by molar-refractivity contribution is 0.195. The number of hydrogen-bond donors (Lipinski definition) is 1. The Morgan fingerprint density at radius 2 is 1.94 bits per heavy atom. The monoisotopic (exact) mass is 225 g/mol. The summed E-state index contributed by atoms with van der Waals surface area (Å²) in [6.45, 7) is 7.08. The molecule has 1 N–H and O–H groups in total. The maximum Gasteiger partial charge on any atom is 0.412 e. The summed E-state index contributed by atoms with van der Waals surface area (Å²) in [5, 5.41) is 9.19. The van der Waals surface area contributed by atoms with Gasteiger partial charge in [0.25, 0.3) is 0 Å². The van der Waals surface area contributed by atoms with Gasteiger partial charge >= 0.3 is 6.09 Å². The smallest absolute Gasteiger partial charge is 0.412 e. The number of anilines is 1. The molecule has 3 nitrogen and oxygen atoms in total. The van der Waals surface area contributed by atoms with E-state index in [4.69, 9.17) is 0 Å².